The Morgan fingerprint density at radius 1 is 1.00 bits per heavy atom. The van der Waals surface area contributed by atoms with Crippen LogP contribution in [0.15, 0.2) is 47.6 Å². The highest BCUT2D eigenvalue weighted by Gasteiger charge is 2.28. The number of carbonyl (C=O) groups excluding carboxylic acids is 1. The molecule has 10 nitrogen and oxygen atoms in total. The lowest BCUT2D eigenvalue weighted by molar-refractivity contribution is -0.120. The number of benzene rings is 1. The lowest BCUT2D eigenvalue weighted by Crippen LogP contribution is -2.38. The van der Waals surface area contributed by atoms with Crippen LogP contribution >= 0.6 is 0 Å². The normalized spacial score (nSPS) is 18.5. The molecular weight excluding hydrogens is 442 g/mol. The van der Waals surface area contributed by atoms with Crippen molar-refractivity contribution in [2.24, 2.45) is 5.92 Å². The molecule has 0 radical (unpaired) electrons. The van der Waals surface area contributed by atoms with Crippen molar-refractivity contribution in [2.45, 2.75) is 37.0 Å². The molecule has 0 spiro atoms. The van der Waals surface area contributed by atoms with E-state index in [1.54, 1.807) is 39.4 Å². The molecule has 1 amide bonds. The van der Waals surface area contributed by atoms with Crippen LogP contribution in [0.2, 0.25) is 0 Å². The summed E-state index contributed by atoms with van der Waals surface area (Å²) in [5.41, 5.74) is 1.21. The summed E-state index contributed by atoms with van der Waals surface area (Å²) in [5, 5.41) is 15.3. The van der Waals surface area contributed by atoms with Gasteiger partial charge in [-0.05, 0) is 56.0 Å². The van der Waals surface area contributed by atoms with Crippen LogP contribution in [0.4, 0.5) is 11.5 Å². The molecule has 0 unspecified atom stereocenters. The second-order valence-electron chi connectivity index (χ2n) is 8.57. The first-order valence-electron chi connectivity index (χ1n) is 11.3. The lowest BCUT2D eigenvalue weighted by Gasteiger charge is -2.32. The average Bonchev–Trinajstić information content (AvgIpc) is 3.33. The summed E-state index contributed by atoms with van der Waals surface area (Å²) in [6, 6.07) is 10.4. The molecule has 174 valence electrons. The number of carbonyl (C=O) groups is 1. The van der Waals surface area contributed by atoms with Crippen LogP contribution in [0.1, 0.15) is 32.1 Å². The maximum absolute atomic E-state index is 13.0. The molecule has 2 saturated heterocycles. The molecule has 2 aliphatic heterocycles. The monoisotopic (exact) mass is 469 g/mol. The minimum absolute atomic E-state index is 0.0793. The van der Waals surface area contributed by atoms with Crippen molar-refractivity contribution in [3.63, 3.8) is 0 Å². The van der Waals surface area contributed by atoms with Gasteiger partial charge < -0.3 is 10.2 Å². The summed E-state index contributed by atoms with van der Waals surface area (Å²) in [7, 11) is -3.54. The van der Waals surface area contributed by atoms with Gasteiger partial charge in [-0.15, -0.1) is 15.3 Å². The molecule has 0 aliphatic carbocycles. The fraction of sp³-hybridized carbons (Fsp3) is 0.455. The summed E-state index contributed by atoms with van der Waals surface area (Å²) in [6.07, 6.45) is 5.79. The number of hydrogen-bond donors (Lipinski definition) is 1. The first-order chi connectivity index (χ1) is 16.0. The molecule has 11 heteroatoms. The van der Waals surface area contributed by atoms with E-state index in [2.05, 4.69) is 25.5 Å². The molecule has 2 fully saturated rings. The van der Waals surface area contributed by atoms with Gasteiger partial charge in [0.15, 0.2) is 5.65 Å². The summed E-state index contributed by atoms with van der Waals surface area (Å²) in [6.45, 7) is 2.53. The Labute approximate surface area is 192 Å². The fourth-order valence-corrected chi connectivity index (χ4v) is 6.05. The largest absolute Gasteiger partial charge is 0.355 e. The van der Waals surface area contributed by atoms with Gasteiger partial charge >= 0.3 is 0 Å². The van der Waals surface area contributed by atoms with E-state index in [1.165, 1.54) is 0 Å². The first-order valence-corrected chi connectivity index (χ1v) is 12.8. The number of rotatable bonds is 5. The second-order valence-corrected chi connectivity index (χ2v) is 10.5. The zero-order valence-corrected chi connectivity index (χ0v) is 19.1. The number of hydrogen-bond acceptors (Lipinski definition) is 7. The van der Waals surface area contributed by atoms with Crippen LogP contribution in [0.25, 0.3) is 5.65 Å². The van der Waals surface area contributed by atoms with Gasteiger partial charge in [0.05, 0.1) is 4.90 Å². The van der Waals surface area contributed by atoms with Crippen LogP contribution in [0.3, 0.4) is 0 Å². The van der Waals surface area contributed by atoms with Gasteiger partial charge in [0.25, 0.3) is 0 Å². The highest BCUT2D eigenvalue weighted by atomic mass is 32.2. The molecule has 3 aromatic rings. The topological polar surface area (TPSA) is 113 Å². The van der Waals surface area contributed by atoms with E-state index >= 15 is 0 Å². The molecule has 2 aromatic heterocycles. The van der Waals surface area contributed by atoms with Gasteiger partial charge in [-0.3, -0.25) is 4.79 Å². The number of sulfonamides is 1. The number of aromatic nitrogens is 4. The van der Waals surface area contributed by atoms with Gasteiger partial charge in [-0.1, -0.05) is 12.5 Å². The van der Waals surface area contributed by atoms with E-state index in [0.29, 0.717) is 50.4 Å². The Balaban J connectivity index is 1.21. The van der Waals surface area contributed by atoms with Gasteiger partial charge in [-0.2, -0.15) is 8.82 Å². The Morgan fingerprint density at radius 3 is 2.58 bits per heavy atom. The third-order valence-electron chi connectivity index (χ3n) is 6.39. The molecule has 33 heavy (non-hydrogen) atoms. The van der Waals surface area contributed by atoms with Gasteiger partial charge in [0.2, 0.25) is 15.9 Å². The summed E-state index contributed by atoms with van der Waals surface area (Å²) in [5.74, 6) is 0.614. The van der Waals surface area contributed by atoms with Gasteiger partial charge in [0.1, 0.15) is 12.1 Å². The second kappa shape index (κ2) is 9.06. The molecule has 0 atom stereocenters. The number of nitrogens with one attached hydrogen (secondary N) is 1. The Hall–Kier alpha value is -3.05. The highest BCUT2D eigenvalue weighted by Crippen LogP contribution is 2.26. The zero-order valence-electron chi connectivity index (χ0n) is 18.3. The molecule has 5 rings (SSSR count). The Morgan fingerprint density at radius 2 is 1.79 bits per heavy atom. The van der Waals surface area contributed by atoms with E-state index < -0.39 is 10.0 Å². The van der Waals surface area contributed by atoms with E-state index in [-0.39, 0.29) is 16.7 Å². The van der Waals surface area contributed by atoms with E-state index in [4.69, 9.17) is 0 Å². The van der Waals surface area contributed by atoms with E-state index in [9.17, 15) is 13.2 Å². The van der Waals surface area contributed by atoms with Crippen LogP contribution in [0, 0.1) is 5.92 Å². The molecule has 0 bridgehead atoms. The van der Waals surface area contributed by atoms with Crippen molar-refractivity contribution < 1.29 is 13.2 Å². The minimum Gasteiger partial charge on any atom is -0.355 e. The maximum Gasteiger partial charge on any atom is 0.243 e. The maximum atomic E-state index is 13.0. The lowest BCUT2D eigenvalue weighted by atomic mass is 9.96. The predicted molar refractivity (Wildman–Crippen MR) is 123 cm³/mol. The number of nitrogens with zero attached hydrogens (tertiary/aromatic N) is 6. The third kappa shape index (κ3) is 4.55. The van der Waals surface area contributed by atoms with Crippen molar-refractivity contribution >= 4 is 33.1 Å². The van der Waals surface area contributed by atoms with Crippen molar-refractivity contribution in [2.75, 3.05) is 36.4 Å². The molecule has 0 saturated carbocycles. The van der Waals surface area contributed by atoms with Crippen LogP contribution in [-0.4, -0.2) is 64.6 Å². The van der Waals surface area contributed by atoms with Crippen molar-refractivity contribution in [3.8, 4) is 0 Å². The molecule has 1 aromatic carbocycles. The van der Waals surface area contributed by atoms with Gasteiger partial charge in [0, 0.05) is 37.8 Å². The quantitative estimate of drug-likeness (QED) is 0.609. The molecule has 4 heterocycles. The summed E-state index contributed by atoms with van der Waals surface area (Å²) < 4.78 is 29.1. The Kier molecular flexibility index (Phi) is 5.98. The molecule has 2 aliphatic rings. The fourth-order valence-electron chi connectivity index (χ4n) is 4.49. The predicted octanol–water partition coefficient (Wildman–Crippen LogP) is 2.15. The van der Waals surface area contributed by atoms with Crippen molar-refractivity contribution in [1.29, 1.82) is 0 Å². The van der Waals surface area contributed by atoms with E-state index in [0.717, 1.165) is 25.1 Å². The van der Waals surface area contributed by atoms with Crippen LogP contribution in [0.5, 0.6) is 0 Å². The van der Waals surface area contributed by atoms with E-state index in [1.807, 2.05) is 12.1 Å². The summed E-state index contributed by atoms with van der Waals surface area (Å²) >= 11 is 0. The number of piperidine rings is 2. The summed E-state index contributed by atoms with van der Waals surface area (Å²) in [4.78, 5) is 15.3. The SMILES string of the molecule is O=C(Nc1cccc(S(=O)(=O)N2CCCCC2)c1)C1CCN(c2ccc3nncn3n2)CC1. The number of amides is 1. The number of anilines is 2. The highest BCUT2D eigenvalue weighted by molar-refractivity contribution is 7.89. The zero-order chi connectivity index (χ0) is 22.8. The smallest absolute Gasteiger partial charge is 0.243 e. The third-order valence-corrected chi connectivity index (χ3v) is 8.29. The average molecular weight is 470 g/mol. The van der Waals surface area contributed by atoms with Crippen LogP contribution < -0.4 is 10.2 Å². The standard InChI is InChI=1S/C22H27N7O3S/c30-22(17-9-13-27(14-10-17)21-8-7-20-25-23-16-29(20)26-21)24-18-5-4-6-19(15-18)33(31,32)28-11-2-1-3-12-28/h4-8,15-17H,1-3,9-14H2,(H,24,30). The first kappa shape index (κ1) is 21.8. The molecular formula is C22H27N7O3S. The van der Waals surface area contributed by atoms with Crippen LogP contribution in [-0.2, 0) is 14.8 Å². The van der Waals surface area contributed by atoms with Gasteiger partial charge in [-0.25, -0.2) is 8.42 Å². The molecule has 1 N–H and O–H groups in total. The minimum atomic E-state index is -3.54. The Bertz CT molecular complexity index is 1250. The van der Waals surface area contributed by atoms with Crippen molar-refractivity contribution in [1.82, 2.24) is 24.1 Å². The number of fused-ring (bicyclic) bond motifs is 1. The van der Waals surface area contributed by atoms with Crippen molar-refractivity contribution in [3.05, 3.63) is 42.7 Å².